The van der Waals surface area contributed by atoms with Gasteiger partial charge in [-0.25, -0.2) is 13.4 Å². The highest BCUT2D eigenvalue weighted by atomic mass is 32.2. The van der Waals surface area contributed by atoms with Crippen LogP contribution >= 0.6 is 0 Å². The first-order valence-corrected chi connectivity index (χ1v) is 12.2. The number of hydrogen-bond acceptors (Lipinski definition) is 4. The maximum Gasteiger partial charge on any atom is 0.245 e. The largest absolute Gasteiger partial charge is 0.340 e. The van der Waals surface area contributed by atoms with E-state index in [0.29, 0.717) is 5.82 Å². The van der Waals surface area contributed by atoms with Crippen LogP contribution in [-0.4, -0.2) is 17.7 Å². The molecule has 0 aliphatic rings. The van der Waals surface area contributed by atoms with Crippen LogP contribution in [0.25, 0.3) is 0 Å². The Balaban J connectivity index is 1.60. The first-order valence-electron chi connectivity index (χ1n) is 10.8. The molecule has 0 fully saturated rings. The molecule has 3 aromatic carbocycles. The Kier molecular flexibility index (Phi) is 6.87. The molecule has 0 aliphatic carbocycles. The van der Waals surface area contributed by atoms with E-state index in [1.54, 1.807) is 12.1 Å². The van der Waals surface area contributed by atoms with Crippen molar-refractivity contribution < 1.29 is 8.42 Å². The third-order valence-electron chi connectivity index (χ3n) is 5.43. The van der Waals surface area contributed by atoms with Crippen LogP contribution in [-0.2, 0) is 23.1 Å². The van der Waals surface area contributed by atoms with Crippen molar-refractivity contribution in [3.8, 4) is 0 Å². The number of hydrogen-bond donors (Lipinski definition) is 1. The number of pyridine rings is 1. The van der Waals surface area contributed by atoms with Gasteiger partial charge in [0.15, 0.2) is 0 Å². The molecule has 0 aliphatic heterocycles. The molecule has 1 heterocycles. The van der Waals surface area contributed by atoms with E-state index in [0.717, 1.165) is 27.9 Å². The van der Waals surface area contributed by atoms with Gasteiger partial charge in [0.25, 0.3) is 0 Å². The number of sulfonamides is 1. The second-order valence-electron chi connectivity index (χ2n) is 8.07. The van der Waals surface area contributed by atoms with Crippen molar-refractivity contribution in [3.05, 3.63) is 119 Å². The number of rotatable bonds is 8. The lowest BCUT2D eigenvalue weighted by atomic mass is 10.1. The number of nitrogens with zero attached hydrogens (tertiary/aromatic N) is 2. The molecule has 0 unspecified atom stereocenters. The maximum absolute atomic E-state index is 13.6. The average molecular weight is 458 g/mol. The van der Waals surface area contributed by atoms with Gasteiger partial charge in [-0.2, -0.15) is 4.31 Å². The molecule has 1 N–H and O–H groups in total. The zero-order valence-electron chi connectivity index (χ0n) is 18.8. The van der Waals surface area contributed by atoms with Crippen LogP contribution < -0.4 is 5.32 Å². The van der Waals surface area contributed by atoms with E-state index in [-0.39, 0.29) is 18.0 Å². The molecular formula is C27H27N3O2S. The number of nitrogens with one attached hydrogen (secondary N) is 1. The minimum absolute atomic E-state index is 0.167. The number of aromatic nitrogens is 1. The molecule has 0 saturated heterocycles. The van der Waals surface area contributed by atoms with Crippen LogP contribution in [0.15, 0.2) is 102 Å². The van der Waals surface area contributed by atoms with Gasteiger partial charge in [0.05, 0.1) is 0 Å². The van der Waals surface area contributed by atoms with Crippen molar-refractivity contribution in [2.24, 2.45) is 0 Å². The quantitative estimate of drug-likeness (QED) is 0.361. The predicted octanol–water partition coefficient (Wildman–Crippen LogP) is 5.83. The van der Waals surface area contributed by atoms with Gasteiger partial charge in [-0.3, -0.25) is 0 Å². The Morgan fingerprint density at radius 1 is 0.788 bits per heavy atom. The van der Waals surface area contributed by atoms with E-state index in [4.69, 9.17) is 0 Å². The summed E-state index contributed by atoms with van der Waals surface area (Å²) < 4.78 is 28.6. The molecule has 0 bridgehead atoms. The highest BCUT2D eigenvalue weighted by Gasteiger charge is 2.25. The fraction of sp³-hybridized carbons (Fsp3) is 0.148. The van der Waals surface area contributed by atoms with Crippen LogP contribution in [0, 0.1) is 13.8 Å². The maximum atomic E-state index is 13.6. The lowest BCUT2D eigenvalue weighted by Gasteiger charge is -2.22. The topological polar surface area (TPSA) is 62.3 Å². The summed E-state index contributed by atoms with van der Waals surface area (Å²) in [6.07, 6.45) is 1.42. The predicted molar refractivity (Wildman–Crippen MR) is 133 cm³/mol. The smallest absolute Gasteiger partial charge is 0.245 e. The van der Waals surface area contributed by atoms with Crippen molar-refractivity contribution in [3.63, 3.8) is 0 Å². The summed E-state index contributed by atoms with van der Waals surface area (Å²) in [5.41, 5.74) is 5.04. The molecule has 0 atom stereocenters. The molecule has 0 spiro atoms. The van der Waals surface area contributed by atoms with Gasteiger partial charge in [-0.15, -0.1) is 0 Å². The third-order valence-corrected chi connectivity index (χ3v) is 7.21. The van der Waals surface area contributed by atoms with Gasteiger partial charge in [-0.1, -0.05) is 72.8 Å². The van der Waals surface area contributed by atoms with E-state index in [9.17, 15) is 8.42 Å². The van der Waals surface area contributed by atoms with Gasteiger partial charge in [0.2, 0.25) is 10.0 Å². The first kappa shape index (κ1) is 22.7. The van der Waals surface area contributed by atoms with Crippen molar-refractivity contribution >= 4 is 21.5 Å². The fourth-order valence-corrected chi connectivity index (χ4v) is 4.93. The lowest BCUT2D eigenvalue weighted by molar-refractivity contribution is 0.401. The second-order valence-corrected chi connectivity index (χ2v) is 10.0. The summed E-state index contributed by atoms with van der Waals surface area (Å²) in [5, 5.41) is 3.28. The summed E-state index contributed by atoms with van der Waals surface area (Å²) in [4.78, 5) is 4.56. The van der Waals surface area contributed by atoms with Crippen LogP contribution in [0.3, 0.4) is 0 Å². The van der Waals surface area contributed by atoms with Gasteiger partial charge < -0.3 is 5.32 Å². The molecule has 168 valence electrons. The molecule has 1 aromatic heterocycles. The van der Waals surface area contributed by atoms with Crippen molar-refractivity contribution in [1.29, 1.82) is 0 Å². The molecule has 6 heteroatoms. The van der Waals surface area contributed by atoms with E-state index in [1.807, 2.05) is 86.6 Å². The fourth-order valence-electron chi connectivity index (χ4n) is 3.56. The molecule has 0 radical (unpaired) electrons. The normalized spacial score (nSPS) is 11.5. The van der Waals surface area contributed by atoms with Crippen molar-refractivity contribution in [1.82, 2.24) is 9.29 Å². The van der Waals surface area contributed by atoms with Crippen LogP contribution in [0.1, 0.15) is 22.3 Å². The number of aryl methyl sites for hydroxylation is 2. The molecule has 0 saturated carbocycles. The van der Waals surface area contributed by atoms with E-state index in [1.165, 1.54) is 10.5 Å². The highest BCUT2D eigenvalue weighted by Crippen LogP contribution is 2.24. The Labute approximate surface area is 195 Å². The summed E-state index contributed by atoms with van der Waals surface area (Å²) in [7, 11) is -3.76. The van der Waals surface area contributed by atoms with Crippen molar-refractivity contribution in [2.45, 2.75) is 31.8 Å². The molecular weight excluding hydrogens is 430 g/mol. The Bertz CT molecular complexity index is 1270. The van der Waals surface area contributed by atoms with Crippen molar-refractivity contribution in [2.75, 3.05) is 5.32 Å². The van der Waals surface area contributed by atoms with E-state index >= 15 is 0 Å². The van der Waals surface area contributed by atoms with Gasteiger partial charge in [-0.05, 0) is 54.3 Å². The van der Waals surface area contributed by atoms with Gasteiger partial charge in [0.1, 0.15) is 10.7 Å². The third kappa shape index (κ3) is 5.66. The standard InChI is InChI=1S/C27H27N3O2S/c1-21-13-14-22(2)26(17-21)29-27-16-15-25(18-28-27)33(31,32)30(19-23-9-5-3-6-10-23)20-24-11-7-4-8-12-24/h3-18H,19-20H2,1-2H3,(H,28,29). The highest BCUT2D eigenvalue weighted by molar-refractivity contribution is 7.89. The minimum atomic E-state index is -3.76. The summed E-state index contributed by atoms with van der Waals surface area (Å²) in [5.74, 6) is 0.598. The Morgan fingerprint density at radius 2 is 1.39 bits per heavy atom. The summed E-state index contributed by atoms with van der Waals surface area (Å²) >= 11 is 0. The molecule has 4 rings (SSSR count). The molecule has 33 heavy (non-hydrogen) atoms. The Hall–Kier alpha value is -3.48. The zero-order chi connectivity index (χ0) is 23.3. The van der Waals surface area contributed by atoms with Crippen LogP contribution in [0.2, 0.25) is 0 Å². The average Bonchev–Trinajstić information content (AvgIpc) is 2.83. The minimum Gasteiger partial charge on any atom is -0.340 e. The first-order chi connectivity index (χ1) is 15.9. The monoisotopic (exact) mass is 457 g/mol. The van der Waals surface area contributed by atoms with E-state index < -0.39 is 10.0 Å². The molecule has 5 nitrogen and oxygen atoms in total. The number of benzene rings is 3. The summed E-state index contributed by atoms with van der Waals surface area (Å²) in [6.45, 7) is 4.61. The molecule has 0 amide bonds. The van der Waals surface area contributed by atoms with Crippen LogP contribution in [0.5, 0.6) is 0 Å². The lowest BCUT2D eigenvalue weighted by Crippen LogP contribution is -2.30. The van der Waals surface area contributed by atoms with Crippen LogP contribution in [0.4, 0.5) is 11.5 Å². The number of anilines is 2. The van der Waals surface area contributed by atoms with Gasteiger partial charge >= 0.3 is 0 Å². The van der Waals surface area contributed by atoms with Gasteiger partial charge in [0, 0.05) is 25.0 Å². The van der Waals surface area contributed by atoms with E-state index in [2.05, 4.69) is 16.4 Å². The SMILES string of the molecule is Cc1ccc(C)c(Nc2ccc(S(=O)(=O)N(Cc3ccccc3)Cc3ccccc3)cn2)c1. The summed E-state index contributed by atoms with van der Waals surface area (Å²) in [6, 6.07) is 28.7. The molecule has 4 aromatic rings. The Morgan fingerprint density at radius 3 is 1.94 bits per heavy atom. The zero-order valence-corrected chi connectivity index (χ0v) is 19.6. The second kappa shape index (κ2) is 9.98.